The van der Waals surface area contributed by atoms with Gasteiger partial charge in [0.25, 0.3) is 0 Å². The Hall–Kier alpha value is -0.120. The Labute approximate surface area is 111 Å². The van der Waals surface area contributed by atoms with Crippen LogP contribution in [0, 0.1) is 17.3 Å². The largest absolute Gasteiger partial charge is 0.392 e. The highest BCUT2D eigenvalue weighted by Crippen LogP contribution is 2.51. The van der Waals surface area contributed by atoms with E-state index in [1.54, 1.807) is 0 Å². The SMILES string of the molecule is CCC(C)C(O)CNC1C2CCCOC2C1(C)C. The van der Waals surface area contributed by atoms with Crippen LogP contribution in [0.5, 0.6) is 0 Å². The second-order valence-corrected chi connectivity index (χ2v) is 6.76. The fraction of sp³-hybridized carbons (Fsp3) is 1.00. The van der Waals surface area contributed by atoms with Gasteiger partial charge in [-0.2, -0.15) is 0 Å². The predicted molar refractivity (Wildman–Crippen MR) is 73.5 cm³/mol. The van der Waals surface area contributed by atoms with Crippen LogP contribution in [-0.2, 0) is 4.74 Å². The van der Waals surface area contributed by atoms with E-state index in [0.29, 0.717) is 30.5 Å². The lowest BCUT2D eigenvalue weighted by Gasteiger charge is -2.60. The number of rotatable bonds is 5. The van der Waals surface area contributed by atoms with Crippen LogP contribution < -0.4 is 5.32 Å². The van der Waals surface area contributed by atoms with Crippen LogP contribution in [0.15, 0.2) is 0 Å². The summed E-state index contributed by atoms with van der Waals surface area (Å²) in [5, 5.41) is 13.7. The molecule has 0 radical (unpaired) electrons. The minimum atomic E-state index is -0.227. The van der Waals surface area contributed by atoms with Gasteiger partial charge in [-0.1, -0.05) is 34.1 Å². The molecule has 0 amide bonds. The Morgan fingerprint density at radius 1 is 1.44 bits per heavy atom. The molecule has 2 N–H and O–H groups in total. The smallest absolute Gasteiger partial charge is 0.0690 e. The van der Waals surface area contributed by atoms with Crippen molar-refractivity contribution in [3.8, 4) is 0 Å². The van der Waals surface area contributed by atoms with Gasteiger partial charge in [-0.05, 0) is 18.8 Å². The van der Waals surface area contributed by atoms with E-state index in [4.69, 9.17) is 4.74 Å². The molecule has 0 bridgehead atoms. The molecule has 0 aromatic carbocycles. The molecule has 1 aliphatic heterocycles. The van der Waals surface area contributed by atoms with E-state index in [0.717, 1.165) is 13.0 Å². The monoisotopic (exact) mass is 255 g/mol. The normalized spacial score (nSPS) is 37.5. The van der Waals surface area contributed by atoms with Crippen molar-refractivity contribution in [2.75, 3.05) is 13.2 Å². The number of nitrogens with one attached hydrogen (secondary N) is 1. The Morgan fingerprint density at radius 3 is 2.83 bits per heavy atom. The van der Waals surface area contributed by atoms with Crippen LogP contribution in [0.2, 0.25) is 0 Å². The summed E-state index contributed by atoms with van der Waals surface area (Å²) >= 11 is 0. The summed E-state index contributed by atoms with van der Waals surface area (Å²) in [7, 11) is 0. The zero-order chi connectivity index (χ0) is 13.3. The van der Waals surface area contributed by atoms with Crippen molar-refractivity contribution in [3.63, 3.8) is 0 Å². The summed E-state index contributed by atoms with van der Waals surface area (Å²) in [4.78, 5) is 0. The van der Waals surface area contributed by atoms with E-state index in [1.165, 1.54) is 12.8 Å². The van der Waals surface area contributed by atoms with Crippen molar-refractivity contribution in [1.82, 2.24) is 5.32 Å². The third-order valence-electron chi connectivity index (χ3n) is 5.18. The lowest BCUT2D eigenvalue weighted by atomic mass is 9.55. The Morgan fingerprint density at radius 2 is 2.17 bits per heavy atom. The molecule has 1 saturated carbocycles. The molecule has 3 heteroatoms. The van der Waals surface area contributed by atoms with Crippen molar-refractivity contribution in [1.29, 1.82) is 0 Å². The number of aliphatic hydroxyl groups excluding tert-OH is 1. The summed E-state index contributed by atoms with van der Waals surface area (Å²) in [6.45, 7) is 10.5. The maximum Gasteiger partial charge on any atom is 0.0690 e. The summed E-state index contributed by atoms with van der Waals surface area (Å²) in [6, 6.07) is 0.501. The summed E-state index contributed by atoms with van der Waals surface area (Å²) in [5.74, 6) is 1.02. The van der Waals surface area contributed by atoms with E-state index in [1.807, 2.05) is 0 Å². The van der Waals surface area contributed by atoms with Gasteiger partial charge in [0, 0.05) is 30.5 Å². The molecule has 1 aliphatic carbocycles. The molecular formula is C15H29NO2. The van der Waals surface area contributed by atoms with Crippen molar-refractivity contribution in [2.24, 2.45) is 17.3 Å². The predicted octanol–water partition coefficient (Wildman–Crippen LogP) is 2.19. The molecule has 2 aliphatic rings. The van der Waals surface area contributed by atoms with Gasteiger partial charge in [0.2, 0.25) is 0 Å². The Bertz CT molecular complexity index is 280. The van der Waals surface area contributed by atoms with Crippen molar-refractivity contribution >= 4 is 0 Å². The van der Waals surface area contributed by atoms with E-state index in [-0.39, 0.29) is 11.5 Å². The van der Waals surface area contributed by atoms with Crippen LogP contribution in [0.4, 0.5) is 0 Å². The molecule has 1 heterocycles. The molecule has 106 valence electrons. The first kappa shape index (κ1) is 14.3. The molecule has 3 nitrogen and oxygen atoms in total. The first-order valence-electron chi connectivity index (χ1n) is 7.51. The van der Waals surface area contributed by atoms with Gasteiger partial charge in [-0.3, -0.25) is 0 Å². The fourth-order valence-electron chi connectivity index (χ4n) is 3.66. The fourth-order valence-corrected chi connectivity index (χ4v) is 3.66. The van der Waals surface area contributed by atoms with Crippen molar-refractivity contribution in [3.05, 3.63) is 0 Å². The van der Waals surface area contributed by atoms with Gasteiger partial charge in [0.15, 0.2) is 0 Å². The van der Waals surface area contributed by atoms with Crippen LogP contribution in [0.3, 0.4) is 0 Å². The Kier molecular flexibility index (Phi) is 4.35. The van der Waals surface area contributed by atoms with Gasteiger partial charge >= 0.3 is 0 Å². The molecule has 0 spiro atoms. The topological polar surface area (TPSA) is 41.5 Å². The minimum Gasteiger partial charge on any atom is -0.392 e. The number of fused-ring (bicyclic) bond motifs is 1. The molecule has 18 heavy (non-hydrogen) atoms. The number of hydrogen-bond donors (Lipinski definition) is 2. The molecule has 0 aromatic rings. The van der Waals surface area contributed by atoms with Crippen LogP contribution in [0.1, 0.15) is 47.0 Å². The highest BCUT2D eigenvalue weighted by atomic mass is 16.5. The third kappa shape index (κ3) is 2.45. The number of ether oxygens (including phenoxy) is 1. The molecule has 2 rings (SSSR count). The first-order valence-corrected chi connectivity index (χ1v) is 7.51. The van der Waals surface area contributed by atoms with E-state index in [9.17, 15) is 5.11 Å². The summed E-state index contributed by atoms with van der Waals surface area (Å²) < 4.78 is 5.90. The highest BCUT2D eigenvalue weighted by molar-refractivity contribution is 5.10. The lowest BCUT2D eigenvalue weighted by molar-refractivity contribution is -0.193. The van der Waals surface area contributed by atoms with Gasteiger partial charge < -0.3 is 15.2 Å². The summed E-state index contributed by atoms with van der Waals surface area (Å²) in [5.41, 5.74) is 0.209. The van der Waals surface area contributed by atoms with Crippen LogP contribution in [0.25, 0.3) is 0 Å². The molecule has 5 atom stereocenters. The van der Waals surface area contributed by atoms with E-state index >= 15 is 0 Å². The van der Waals surface area contributed by atoms with Gasteiger partial charge in [0.05, 0.1) is 12.2 Å². The zero-order valence-corrected chi connectivity index (χ0v) is 12.3. The first-order chi connectivity index (χ1) is 8.48. The Balaban J connectivity index is 1.85. The standard InChI is InChI=1S/C15H29NO2/c1-5-10(2)12(17)9-16-13-11-7-6-8-18-14(11)15(13,3)4/h10-14,16-17H,5-9H2,1-4H3. The lowest BCUT2D eigenvalue weighted by Crippen LogP contribution is -2.69. The highest BCUT2D eigenvalue weighted by Gasteiger charge is 2.57. The van der Waals surface area contributed by atoms with Gasteiger partial charge in [-0.15, -0.1) is 0 Å². The average Bonchev–Trinajstić information content (AvgIpc) is 2.37. The molecule has 5 unspecified atom stereocenters. The second kappa shape index (κ2) is 5.48. The zero-order valence-electron chi connectivity index (χ0n) is 12.3. The van der Waals surface area contributed by atoms with Gasteiger partial charge in [0.1, 0.15) is 0 Å². The molecular weight excluding hydrogens is 226 g/mol. The molecule has 1 saturated heterocycles. The van der Waals surface area contributed by atoms with Crippen LogP contribution in [-0.4, -0.2) is 36.5 Å². The maximum absolute atomic E-state index is 10.1. The molecule has 0 aromatic heterocycles. The number of aliphatic hydroxyl groups is 1. The van der Waals surface area contributed by atoms with E-state index in [2.05, 4.69) is 33.0 Å². The van der Waals surface area contributed by atoms with Crippen molar-refractivity contribution < 1.29 is 9.84 Å². The van der Waals surface area contributed by atoms with E-state index < -0.39 is 0 Å². The quantitative estimate of drug-likeness (QED) is 0.791. The van der Waals surface area contributed by atoms with Crippen molar-refractivity contribution in [2.45, 2.75) is 65.2 Å². The second-order valence-electron chi connectivity index (χ2n) is 6.76. The number of hydrogen-bond acceptors (Lipinski definition) is 3. The average molecular weight is 255 g/mol. The minimum absolute atomic E-state index is 0.209. The van der Waals surface area contributed by atoms with Crippen LogP contribution >= 0.6 is 0 Å². The van der Waals surface area contributed by atoms with Gasteiger partial charge in [-0.25, -0.2) is 0 Å². The molecule has 2 fully saturated rings. The summed E-state index contributed by atoms with van der Waals surface area (Å²) in [6.07, 6.45) is 3.68. The maximum atomic E-state index is 10.1. The third-order valence-corrected chi connectivity index (χ3v) is 5.18.